The smallest absolute Gasteiger partial charge is 0.326 e. The van der Waals surface area contributed by atoms with Crippen LogP contribution in [0.4, 0.5) is 10.5 Å². The lowest BCUT2D eigenvalue weighted by Crippen LogP contribution is -2.47. The Morgan fingerprint density at radius 2 is 1.64 bits per heavy atom. The summed E-state index contributed by atoms with van der Waals surface area (Å²) in [7, 11) is 0. The third-order valence-electron chi connectivity index (χ3n) is 4.99. The molecule has 1 heterocycles. The number of rotatable bonds is 2. The number of urea groups is 1. The Morgan fingerprint density at radius 3 is 2.36 bits per heavy atom. The van der Waals surface area contributed by atoms with Gasteiger partial charge in [0.05, 0.1) is 17.8 Å². The van der Waals surface area contributed by atoms with Crippen molar-refractivity contribution >= 4 is 29.2 Å². The van der Waals surface area contributed by atoms with E-state index in [1.807, 2.05) is 60.7 Å². The highest BCUT2D eigenvalue weighted by Crippen LogP contribution is 2.43. The fourth-order valence-corrected chi connectivity index (χ4v) is 4.03. The van der Waals surface area contributed by atoms with Crippen LogP contribution < -0.4 is 16.0 Å². The molecule has 1 aliphatic rings. The molecule has 0 radical (unpaired) electrons. The maximum atomic E-state index is 12.8. The lowest BCUT2D eigenvalue weighted by Gasteiger charge is -2.36. The number of imide groups is 1. The first-order valence-corrected chi connectivity index (χ1v) is 9.20. The SMILES string of the molecule is NC(=O)N1C(=O)CNC(c2ccccc2)(c2cccc(Cl)c2)c2ccccc21. The second-order valence-electron chi connectivity index (χ2n) is 6.56. The predicted molar refractivity (Wildman–Crippen MR) is 109 cm³/mol. The Balaban J connectivity index is 2.10. The molecule has 5 nitrogen and oxygen atoms in total. The van der Waals surface area contributed by atoms with E-state index in [2.05, 4.69) is 5.32 Å². The van der Waals surface area contributed by atoms with E-state index < -0.39 is 17.5 Å². The molecule has 28 heavy (non-hydrogen) atoms. The number of halogens is 1. The number of primary amides is 1. The quantitative estimate of drug-likeness (QED) is 0.700. The molecule has 4 rings (SSSR count). The molecular formula is C22H18ClN3O2. The second kappa shape index (κ2) is 7.11. The van der Waals surface area contributed by atoms with E-state index in [9.17, 15) is 9.59 Å². The van der Waals surface area contributed by atoms with Gasteiger partial charge < -0.3 is 5.73 Å². The van der Waals surface area contributed by atoms with Crippen molar-refractivity contribution in [1.29, 1.82) is 0 Å². The summed E-state index contributed by atoms with van der Waals surface area (Å²) in [6, 6.07) is 23.7. The van der Waals surface area contributed by atoms with Crippen LogP contribution in [0.5, 0.6) is 0 Å². The van der Waals surface area contributed by atoms with Crippen LogP contribution in [-0.4, -0.2) is 18.5 Å². The van der Waals surface area contributed by atoms with Crippen LogP contribution in [0, 0.1) is 0 Å². The van der Waals surface area contributed by atoms with Gasteiger partial charge in [-0.15, -0.1) is 0 Å². The highest BCUT2D eigenvalue weighted by molar-refractivity contribution is 6.30. The number of nitrogens with one attached hydrogen (secondary N) is 1. The predicted octanol–water partition coefficient (Wildman–Crippen LogP) is 3.65. The van der Waals surface area contributed by atoms with Crippen molar-refractivity contribution < 1.29 is 9.59 Å². The summed E-state index contributed by atoms with van der Waals surface area (Å²) in [5, 5.41) is 3.97. The zero-order chi connectivity index (χ0) is 19.7. The Labute approximate surface area is 167 Å². The fraction of sp³-hybridized carbons (Fsp3) is 0.0909. The topological polar surface area (TPSA) is 75.4 Å². The molecule has 140 valence electrons. The molecule has 0 bridgehead atoms. The van der Waals surface area contributed by atoms with Gasteiger partial charge in [-0.1, -0.05) is 72.3 Å². The molecule has 0 fully saturated rings. The number of nitrogens with two attached hydrogens (primary N) is 1. The third kappa shape index (κ3) is 2.85. The monoisotopic (exact) mass is 391 g/mol. The van der Waals surface area contributed by atoms with E-state index in [1.54, 1.807) is 18.2 Å². The van der Waals surface area contributed by atoms with Crippen molar-refractivity contribution in [3.63, 3.8) is 0 Å². The van der Waals surface area contributed by atoms with Gasteiger partial charge in [-0.2, -0.15) is 0 Å². The summed E-state index contributed by atoms with van der Waals surface area (Å²) in [5.74, 6) is -0.417. The summed E-state index contributed by atoms with van der Waals surface area (Å²) in [5.41, 5.74) is 7.64. The fourth-order valence-electron chi connectivity index (χ4n) is 3.84. The number of carbonyl (C=O) groups excluding carboxylic acids is 2. The first-order chi connectivity index (χ1) is 13.5. The van der Waals surface area contributed by atoms with Crippen LogP contribution in [0.3, 0.4) is 0 Å². The van der Waals surface area contributed by atoms with E-state index in [-0.39, 0.29) is 6.54 Å². The lowest BCUT2D eigenvalue weighted by atomic mass is 9.76. The molecule has 0 aromatic heterocycles. The van der Waals surface area contributed by atoms with E-state index in [1.165, 1.54) is 0 Å². The summed E-state index contributed by atoms with van der Waals surface area (Å²) in [4.78, 5) is 25.9. The van der Waals surface area contributed by atoms with Crippen molar-refractivity contribution in [2.75, 3.05) is 11.4 Å². The van der Waals surface area contributed by atoms with Gasteiger partial charge >= 0.3 is 6.03 Å². The van der Waals surface area contributed by atoms with Crippen LogP contribution in [0.1, 0.15) is 16.7 Å². The van der Waals surface area contributed by atoms with E-state index >= 15 is 0 Å². The Hall–Kier alpha value is -3.15. The lowest BCUT2D eigenvalue weighted by molar-refractivity contribution is -0.117. The van der Waals surface area contributed by atoms with Gasteiger partial charge in [0.2, 0.25) is 5.91 Å². The van der Waals surface area contributed by atoms with Crippen molar-refractivity contribution in [3.8, 4) is 0 Å². The second-order valence-corrected chi connectivity index (χ2v) is 7.00. The van der Waals surface area contributed by atoms with Crippen LogP contribution >= 0.6 is 11.6 Å². The Bertz CT molecular complexity index is 1050. The van der Waals surface area contributed by atoms with Gasteiger partial charge in [0, 0.05) is 10.6 Å². The zero-order valence-corrected chi connectivity index (χ0v) is 15.7. The van der Waals surface area contributed by atoms with Gasteiger partial charge in [-0.05, 0) is 29.3 Å². The minimum Gasteiger partial charge on any atom is -0.351 e. The maximum Gasteiger partial charge on any atom is 0.326 e. The minimum atomic E-state index is -0.886. The molecule has 0 spiro atoms. The van der Waals surface area contributed by atoms with Gasteiger partial charge in [0.1, 0.15) is 0 Å². The minimum absolute atomic E-state index is 0.0704. The highest BCUT2D eigenvalue weighted by atomic mass is 35.5. The molecule has 3 N–H and O–H groups in total. The molecule has 3 aromatic carbocycles. The number of hydrogen-bond acceptors (Lipinski definition) is 3. The first-order valence-electron chi connectivity index (χ1n) is 8.82. The van der Waals surface area contributed by atoms with Crippen molar-refractivity contribution in [2.24, 2.45) is 5.73 Å². The number of amides is 3. The largest absolute Gasteiger partial charge is 0.351 e. The molecular weight excluding hydrogens is 374 g/mol. The zero-order valence-electron chi connectivity index (χ0n) is 14.9. The average Bonchev–Trinajstić information content (AvgIpc) is 2.83. The molecule has 6 heteroatoms. The van der Waals surface area contributed by atoms with Crippen LogP contribution in [-0.2, 0) is 10.3 Å². The molecule has 3 amide bonds. The molecule has 1 atom stereocenters. The van der Waals surface area contributed by atoms with E-state index in [0.717, 1.165) is 21.6 Å². The molecule has 1 unspecified atom stereocenters. The molecule has 1 aliphatic heterocycles. The molecule has 3 aromatic rings. The Morgan fingerprint density at radius 1 is 0.964 bits per heavy atom. The van der Waals surface area contributed by atoms with E-state index in [0.29, 0.717) is 10.7 Å². The molecule has 0 saturated heterocycles. The van der Waals surface area contributed by atoms with Crippen LogP contribution in [0.15, 0.2) is 78.9 Å². The first kappa shape index (κ1) is 18.2. The van der Waals surface area contributed by atoms with Gasteiger partial charge in [0.15, 0.2) is 0 Å². The summed E-state index contributed by atoms with van der Waals surface area (Å²) in [6.07, 6.45) is 0. The number of nitrogens with zero attached hydrogens (tertiary/aromatic N) is 1. The van der Waals surface area contributed by atoms with Crippen molar-refractivity contribution in [2.45, 2.75) is 5.54 Å². The van der Waals surface area contributed by atoms with Gasteiger partial charge in [-0.25, -0.2) is 9.69 Å². The van der Waals surface area contributed by atoms with Crippen LogP contribution in [0.25, 0.3) is 0 Å². The molecule has 0 aliphatic carbocycles. The maximum absolute atomic E-state index is 12.8. The molecule has 0 saturated carbocycles. The van der Waals surface area contributed by atoms with Crippen LogP contribution in [0.2, 0.25) is 5.02 Å². The Kier molecular flexibility index (Phi) is 4.63. The standard InChI is InChI=1S/C22H18ClN3O2/c23-17-10-6-9-16(13-17)22(15-7-2-1-3-8-15)18-11-4-5-12-19(18)26(21(24)28)20(27)14-25-22/h1-13,25H,14H2,(H2,24,28). The average molecular weight is 392 g/mol. The van der Waals surface area contributed by atoms with E-state index in [4.69, 9.17) is 17.3 Å². The summed E-state index contributed by atoms with van der Waals surface area (Å²) < 4.78 is 0. The third-order valence-corrected chi connectivity index (χ3v) is 5.22. The number of benzene rings is 3. The summed E-state index contributed by atoms with van der Waals surface area (Å²) >= 11 is 6.31. The highest BCUT2D eigenvalue weighted by Gasteiger charge is 2.43. The number of carbonyl (C=O) groups is 2. The number of hydrogen-bond donors (Lipinski definition) is 2. The summed E-state index contributed by atoms with van der Waals surface area (Å²) in [6.45, 7) is -0.0704. The van der Waals surface area contributed by atoms with Gasteiger partial charge in [0.25, 0.3) is 0 Å². The number of anilines is 1. The van der Waals surface area contributed by atoms with Gasteiger partial charge in [-0.3, -0.25) is 10.1 Å². The van der Waals surface area contributed by atoms with Crippen molar-refractivity contribution in [1.82, 2.24) is 5.32 Å². The normalized spacial score (nSPS) is 19.0. The number of fused-ring (bicyclic) bond motifs is 1. The number of para-hydroxylation sites is 1. The van der Waals surface area contributed by atoms with Crippen molar-refractivity contribution in [3.05, 3.63) is 101 Å².